The Balaban J connectivity index is 1.95. The molecule has 0 saturated heterocycles. The monoisotopic (exact) mass is 406 g/mol. The van der Waals surface area contributed by atoms with E-state index in [0.29, 0.717) is 22.9 Å². The lowest BCUT2D eigenvalue weighted by atomic mass is 10.2. The van der Waals surface area contributed by atoms with Crippen molar-refractivity contribution < 1.29 is 19.1 Å². The molecule has 2 aromatic rings. The van der Waals surface area contributed by atoms with Crippen LogP contribution < -0.4 is 20.1 Å². The van der Waals surface area contributed by atoms with Gasteiger partial charge in [0.25, 0.3) is 0 Å². The molecule has 0 fully saturated rings. The van der Waals surface area contributed by atoms with E-state index in [9.17, 15) is 9.59 Å². The summed E-state index contributed by atoms with van der Waals surface area (Å²) in [6.45, 7) is 1.64. The van der Waals surface area contributed by atoms with E-state index in [0.717, 1.165) is 4.47 Å². The summed E-state index contributed by atoms with van der Waals surface area (Å²) in [6, 6.07) is 12.4. The average Bonchev–Trinajstić information content (AvgIpc) is 2.56. The molecule has 2 amide bonds. The summed E-state index contributed by atoms with van der Waals surface area (Å²) in [5.74, 6) is 0.811. The van der Waals surface area contributed by atoms with Crippen molar-refractivity contribution in [3.63, 3.8) is 0 Å². The number of benzene rings is 2. The van der Waals surface area contributed by atoms with Crippen LogP contribution in [0.5, 0.6) is 11.5 Å². The molecule has 0 aliphatic rings. The Labute approximate surface area is 154 Å². The summed E-state index contributed by atoms with van der Waals surface area (Å²) in [7, 11) is 1.53. The van der Waals surface area contributed by atoms with E-state index in [1.54, 1.807) is 18.2 Å². The van der Waals surface area contributed by atoms with Crippen LogP contribution in [0.4, 0.5) is 11.4 Å². The van der Waals surface area contributed by atoms with Crippen LogP contribution in [0.25, 0.3) is 0 Å². The minimum Gasteiger partial charge on any atom is -0.497 e. The van der Waals surface area contributed by atoms with E-state index >= 15 is 0 Å². The van der Waals surface area contributed by atoms with Crippen LogP contribution in [0.1, 0.15) is 13.3 Å². The van der Waals surface area contributed by atoms with Gasteiger partial charge in [-0.05, 0) is 30.3 Å². The molecule has 0 atom stereocenters. The SMILES string of the molecule is COc1ccc(NC(C)=O)c(NC(=O)CCOc2cccc(Br)c2)c1. The molecule has 0 bridgehead atoms. The number of halogens is 1. The second-order valence-electron chi connectivity index (χ2n) is 5.20. The third-order valence-electron chi connectivity index (χ3n) is 3.21. The molecule has 0 radical (unpaired) electrons. The number of rotatable bonds is 7. The van der Waals surface area contributed by atoms with E-state index in [-0.39, 0.29) is 24.8 Å². The number of hydrogen-bond donors (Lipinski definition) is 2. The van der Waals surface area contributed by atoms with Gasteiger partial charge in [-0.25, -0.2) is 0 Å². The van der Waals surface area contributed by atoms with Crippen molar-refractivity contribution in [2.45, 2.75) is 13.3 Å². The number of hydrogen-bond acceptors (Lipinski definition) is 4. The molecular formula is C18H19BrN2O4. The molecule has 0 heterocycles. The van der Waals surface area contributed by atoms with Gasteiger partial charge in [-0.2, -0.15) is 0 Å². The Morgan fingerprint density at radius 3 is 2.52 bits per heavy atom. The highest BCUT2D eigenvalue weighted by molar-refractivity contribution is 9.10. The fourth-order valence-corrected chi connectivity index (χ4v) is 2.46. The highest BCUT2D eigenvalue weighted by atomic mass is 79.9. The van der Waals surface area contributed by atoms with E-state index in [4.69, 9.17) is 9.47 Å². The smallest absolute Gasteiger partial charge is 0.227 e. The van der Waals surface area contributed by atoms with Crippen molar-refractivity contribution in [2.24, 2.45) is 0 Å². The minimum atomic E-state index is -0.227. The molecule has 2 N–H and O–H groups in total. The highest BCUT2D eigenvalue weighted by Gasteiger charge is 2.10. The molecular weight excluding hydrogens is 388 g/mol. The van der Waals surface area contributed by atoms with Crippen LogP contribution >= 0.6 is 15.9 Å². The first-order valence-electron chi connectivity index (χ1n) is 7.62. The lowest BCUT2D eigenvalue weighted by Gasteiger charge is -2.13. The third-order valence-corrected chi connectivity index (χ3v) is 3.70. The Hall–Kier alpha value is -2.54. The van der Waals surface area contributed by atoms with Crippen LogP contribution in [-0.4, -0.2) is 25.5 Å². The van der Waals surface area contributed by atoms with Crippen molar-refractivity contribution in [1.29, 1.82) is 0 Å². The number of anilines is 2. The second kappa shape index (κ2) is 9.08. The van der Waals surface area contributed by atoms with Gasteiger partial charge in [0.05, 0.1) is 31.5 Å². The zero-order valence-electron chi connectivity index (χ0n) is 14.0. The van der Waals surface area contributed by atoms with E-state index < -0.39 is 0 Å². The summed E-state index contributed by atoms with van der Waals surface area (Å²) >= 11 is 3.36. The van der Waals surface area contributed by atoms with Crippen LogP contribution in [0.15, 0.2) is 46.9 Å². The van der Waals surface area contributed by atoms with Gasteiger partial charge in [-0.1, -0.05) is 22.0 Å². The molecule has 132 valence electrons. The van der Waals surface area contributed by atoms with E-state index in [2.05, 4.69) is 26.6 Å². The van der Waals surface area contributed by atoms with Crippen molar-refractivity contribution >= 4 is 39.1 Å². The van der Waals surface area contributed by atoms with Gasteiger partial charge in [0.15, 0.2) is 0 Å². The predicted octanol–water partition coefficient (Wildman–Crippen LogP) is 3.82. The van der Waals surface area contributed by atoms with Crippen molar-refractivity contribution in [2.75, 3.05) is 24.4 Å². The molecule has 0 aromatic heterocycles. The van der Waals surface area contributed by atoms with Gasteiger partial charge in [-0.15, -0.1) is 0 Å². The normalized spacial score (nSPS) is 10.0. The largest absolute Gasteiger partial charge is 0.497 e. The number of amides is 2. The fraction of sp³-hybridized carbons (Fsp3) is 0.222. The first-order valence-corrected chi connectivity index (χ1v) is 8.41. The zero-order chi connectivity index (χ0) is 18.2. The highest BCUT2D eigenvalue weighted by Crippen LogP contribution is 2.27. The van der Waals surface area contributed by atoms with Gasteiger partial charge in [0.1, 0.15) is 11.5 Å². The Kier molecular flexibility index (Phi) is 6.82. The van der Waals surface area contributed by atoms with Gasteiger partial charge in [0, 0.05) is 17.5 Å². The van der Waals surface area contributed by atoms with Crippen molar-refractivity contribution in [3.05, 3.63) is 46.9 Å². The molecule has 0 aliphatic heterocycles. The van der Waals surface area contributed by atoms with Crippen LogP contribution in [-0.2, 0) is 9.59 Å². The number of ether oxygens (including phenoxy) is 2. The van der Waals surface area contributed by atoms with Crippen LogP contribution in [0.3, 0.4) is 0 Å². The first-order chi connectivity index (χ1) is 12.0. The lowest BCUT2D eigenvalue weighted by Crippen LogP contribution is -2.17. The molecule has 0 saturated carbocycles. The predicted molar refractivity (Wildman–Crippen MR) is 100 cm³/mol. The molecule has 2 rings (SSSR count). The molecule has 0 unspecified atom stereocenters. The number of carbonyl (C=O) groups is 2. The molecule has 2 aromatic carbocycles. The lowest BCUT2D eigenvalue weighted by molar-refractivity contribution is -0.117. The number of methoxy groups -OCH3 is 1. The summed E-state index contributed by atoms with van der Waals surface area (Å²) < 4.78 is 11.6. The molecule has 6 nitrogen and oxygen atoms in total. The fourth-order valence-electron chi connectivity index (χ4n) is 2.08. The summed E-state index contributed by atoms with van der Waals surface area (Å²) in [4.78, 5) is 23.4. The topological polar surface area (TPSA) is 76.7 Å². The van der Waals surface area contributed by atoms with E-state index in [1.807, 2.05) is 24.3 Å². The standard InChI is InChI=1S/C18H19BrN2O4/c1-12(22)20-16-7-6-14(24-2)11-17(16)21-18(23)8-9-25-15-5-3-4-13(19)10-15/h3-7,10-11H,8-9H2,1-2H3,(H,20,22)(H,21,23). The van der Waals surface area contributed by atoms with Crippen LogP contribution in [0.2, 0.25) is 0 Å². The Morgan fingerprint density at radius 2 is 1.84 bits per heavy atom. The van der Waals surface area contributed by atoms with Crippen LogP contribution in [0, 0.1) is 0 Å². The summed E-state index contributed by atoms with van der Waals surface area (Å²) in [6.07, 6.45) is 0.170. The quantitative estimate of drug-likeness (QED) is 0.732. The average molecular weight is 407 g/mol. The Morgan fingerprint density at radius 1 is 1.04 bits per heavy atom. The molecule has 7 heteroatoms. The third kappa shape index (κ3) is 6.11. The zero-order valence-corrected chi connectivity index (χ0v) is 15.6. The number of carbonyl (C=O) groups excluding carboxylic acids is 2. The molecule has 0 aliphatic carbocycles. The van der Waals surface area contributed by atoms with Crippen molar-refractivity contribution in [1.82, 2.24) is 0 Å². The molecule has 0 spiro atoms. The van der Waals surface area contributed by atoms with Gasteiger partial charge in [0.2, 0.25) is 11.8 Å². The maximum Gasteiger partial charge on any atom is 0.227 e. The maximum atomic E-state index is 12.2. The van der Waals surface area contributed by atoms with Crippen molar-refractivity contribution in [3.8, 4) is 11.5 Å². The maximum absolute atomic E-state index is 12.2. The number of nitrogens with one attached hydrogen (secondary N) is 2. The second-order valence-corrected chi connectivity index (χ2v) is 6.11. The summed E-state index contributed by atoms with van der Waals surface area (Å²) in [5.41, 5.74) is 0.983. The van der Waals surface area contributed by atoms with E-state index in [1.165, 1.54) is 14.0 Å². The van der Waals surface area contributed by atoms with Gasteiger partial charge < -0.3 is 20.1 Å². The summed E-state index contributed by atoms with van der Waals surface area (Å²) in [5, 5.41) is 5.44. The first kappa shape index (κ1) is 18.8. The van der Waals surface area contributed by atoms with Gasteiger partial charge >= 0.3 is 0 Å². The van der Waals surface area contributed by atoms with Gasteiger partial charge in [-0.3, -0.25) is 9.59 Å². The minimum absolute atomic E-state index is 0.170. The Bertz CT molecular complexity index is 764. The molecule has 25 heavy (non-hydrogen) atoms.